The monoisotopic (exact) mass is 458 g/mol. The molecule has 1 amide bonds. The number of nitrogens with zero attached hydrogens (tertiary/aromatic N) is 5. The van der Waals surface area contributed by atoms with Crippen molar-refractivity contribution in [2.24, 2.45) is 0 Å². The fourth-order valence-corrected chi connectivity index (χ4v) is 3.34. The van der Waals surface area contributed by atoms with Crippen molar-refractivity contribution in [2.75, 3.05) is 45.5 Å². The van der Waals surface area contributed by atoms with Gasteiger partial charge in [0.05, 0.1) is 24.4 Å². The van der Waals surface area contributed by atoms with Crippen LogP contribution < -0.4 is 10.1 Å². The van der Waals surface area contributed by atoms with Gasteiger partial charge in [-0.05, 0) is 30.3 Å². The van der Waals surface area contributed by atoms with Crippen molar-refractivity contribution in [2.45, 2.75) is 6.73 Å². The molecule has 11 heteroatoms. The third kappa shape index (κ3) is 5.34. The predicted molar refractivity (Wildman–Crippen MR) is 118 cm³/mol. The van der Waals surface area contributed by atoms with Crippen LogP contribution in [0.15, 0.2) is 42.7 Å². The van der Waals surface area contributed by atoms with Crippen molar-refractivity contribution in [3.63, 3.8) is 0 Å². The van der Waals surface area contributed by atoms with Crippen LogP contribution in [-0.2, 0) is 16.2 Å². The maximum absolute atomic E-state index is 12.5. The molecule has 1 aromatic carbocycles. The summed E-state index contributed by atoms with van der Waals surface area (Å²) in [5, 5.41) is 7.76. The molecule has 0 aliphatic carbocycles. The molecule has 1 fully saturated rings. The number of nitrogens with one attached hydrogen (secondary N) is 1. The van der Waals surface area contributed by atoms with Crippen LogP contribution in [0.1, 0.15) is 10.4 Å². The number of aromatic nitrogens is 4. The first-order valence-electron chi connectivity index (χ1n) is 10.0. The van der Waals surface area contributed by atoms with Gasteiger partial charge in [-0.2, -0.15) is 5.10 Å². The van der Waals surface area contributed by atoms with E-state index >= 15 is 0 Å². The van der Waals surface area contributed by atoms with E-state index in [-0.39, 0.29) is 12.6 Å². The van der Waals surface area contributed by atoms with Crippen molar-refractivity contribution in [3.8, 4) is 17.1 Å². The molecule has 1 N–H and O–H groups in total. The van der Waals surface area contributed by atoms with E-state index in [2.05, 4.69) is 20.4 Å². The van der Waals surface area contributed by atoms with Crippen LogP contribution in [0.3, 0.4) is 0 Å². The van der Waals surface area contributed by atoms with Crippen LogP contribution in [0.4, 0.5) is 5.95 Å². The first kappa shape index (κ1) is 22.0. The fraction of sp³-hybridized carbons (Fsp3) is 0.333. The lowest BCUT2D eigenvalue weighted by molar-refractivity contribution is 0.0303. The average Bonchev–Trinajstić information content (AvgIpc) is 3.29. The van der Waals surface area contributed by atoms with E-state index in [4.69, 9.17) is 25.8 Å². The standard InChI is InChI=1S/C21H23ClN6O4/c1-30-14-28-7-6-18(26-28)19-17(22)12-23-21(25-19)24-13-32-16-4-2-15(3-5-16)20(29)27-8-10-31-11-9-27/h2-7,12H,8-11,13-14H2,1H3,(H,23,24,25). The van der Waals surface area contributed by atoms with Crippen molar-refractivity contribution in [1.29, 1.82) is 0 Å². The van der Waals surface area contributed by atoms with Crippen LogP contribution in [0.2, 0.25) is 5.02 Å². The van der Waals surface area contributed by atoms with Gasteiger partial charge in [0, 0.05) is 32.0 Å². The highest BCUT2D eigenvalue weighted by atomic mass is 35.5. The molecule has 4 rings (SSSR count). The van der Waals surface area contributed by atoms with Crippen molar-refractivity contribution in [1.82, 2.24) is 24.6 Å². The number of rotatable bonds is 8. The Balaban J connectivity index is 1.33. The largest absolute Gasteiger partial charge is 0.473 e. The highest BCUT2D eigenvalue weighted by Gasteiger charge is 2.18. The number of benzene rings is 1. The van der Waals surface area contributed by atoms with E-state index in [0.717, 1.165) is 0 Å². The lowest BCUT2D eigenvalue weighted by Crippen LogP contribution is -2.40. The number of carbonyl (C=O) groups excluding carboxylic acids is 1. The minimum absolute atomic E-state index is 0.00647. The SMILES string of the molecule is COCn1ccc(-c2nc(NCOc3ccc(C(=O)N4CCOCC4)cc3)ncc2Cl)n1. The average molecular weight is 459 g/mol. The summed E-state index contributed by atoms with van der Waals surface area (Å²) in [5.41, 5.74) is 1.73. The predicted octanol–water partition coefficient (Wildman–Crippen LogP) is 2.52. The summed E-state index contributed by atoms with van der Waals surface area (Å²) in [4.78, 5) is 22.9. The summed E-state index contributed by atoms with van der Waals surface area (Å²) in [6.45, 7) is 2.83. The molecule has 3 aromatic rings. The highest BCUT2D eigenvalue weighted by molar-refractivity contribution is 6.32. The number of anilines is 1. The summed E-state index contributed by atoms with van der Waals surface area (Å²) in [5.74, 6) is 0.960. The van der Waals surface area contributed by atoms with Gasteiger partial charge < -0.3 is 24.4 Å². The van der Waals surface area contributed by atoms with Crippen LogP contribution >= 0.6 is 11.6 Å². The number of carbonyl (C=O) groups is 1. The van der Waals surface area contributed by atoms with Gasteiger partial charge in [-0.3, -0.25) is 4.79 Å². The molecule has 10 nitrogen and oxygen atoms in total. The zero-order valence-electron chi connectivity index (χ0n) is 17.5. The van der Waals surface area contributed by atoms with Crippen LogP contribution in [0.5, 0.6) is 5.75 Å². The molecule has 32 heavy (non-hydrogen) atoms. The Kier molecular flexibility index (Phi) is 7.15. The molecule has 0 radical (unpaired) electrons. The van der Waals surface area contributed by atoms with Gasteiger partial charge in [-0.25, -0.2) is 14.6 Å². The van der Waals surface area contributed by atoms with E-state index in [0.29, 0.717) is 66.7 Å². The van der Waals surface area contributed by atoms with Gasteiger partial charge in [0.2, 0.25) is 5.95 Å². The number of ether oxygens (including phenoxy) is 3. The van der Waals surface area contributed by atoms with Crippen LogP contribution in [-0.4, -0.2) is 70.7 Å². The topological polar surface area (TPSA) is 104 Å². The Hall–Kier alpha value is -3.21. The molecule has 1 aliphatic heterocycles. The van der Waals surface area contributed by atoms with Gasteiger partial charge in [0.15, 0.2) is 6.73 Å². The van der Waals surface area contributed by atoms with Crippen molar-refractivity contribution >= 4 is 23.5 Å². The molecule has 0 unspecified atom stereocenters. The molecule has 1 saturated heterocycles. The number of amides is 1. The molecule has 0 saturated carbocycles. The summed E-state index contributed by atoms with van der Waals surface area (Å²) < 4.78 is 17.7. The fourth-order valence-electron chi connectivity index (χ4n) is 3.15. The van der Waals surface area contributed by atoms with E-state index in [1.165, 1.54) is 6.20 Å². The molecule has 1 aliphatic rings. The molecule has 168 valence electrons. The second-order valence-corrected chi connectivity index (χ2v) is 7.35. The number of halogens is 1. The molecule has 3 heterocycles. The van der Waals surface area contributed by atoms with Gasteiger partial charge in [-0.15, -0.1) is 0 Å². The quantitative estimate of drug-likeness (QED) is 0.513. The third-order valence-electron chi connectivity index (χ3n) is 4.76. The zero-order chi connectivity index (χ0) is 22.3. The van der Waals surface area contributed by atoms with Crippen molar-refractivity contribution < 1.29 is 19.0 Å². The first-order chi connectivity index (χ1) is 15.6. The lowest BCUT2D eigenvalue weighted by atomic mass is 10.2. The van der Waals surface area contributed by atoms with E-state index in [9.17, 15) is 4.79 Å². The smallest absolute Gasteiger partial charge is 0.254 e. The van der Waals surface area contributed by atoms with E-state index < -0.39 is 0 Å². The third-order valence-corrected chi connectivity index (χ3v) is 5.03. The maximum atomic E-state index is 12.5. The van der Waals surface area contributed by atoms with Crippen molar-refractivity contribution in [3.05, 3.63) is 53.3 Å². The van der Waals surface area contributed by atoms with Gasteiger partial charge in [-0.1, -0.05) is 11.6 Å². The number of methoxy groups -OCH3 is 1. The summed E-state index contributed by atoms with van der Waals surface area (Å²) >= 11 is 6.24. The number of hydrogen-bond donors (Lipinski definition) is 1. The molecule has 0 bridgehead atoms. The molecular weight excluding hydrogens is 436 g/mol. The van der Waals surface area contributed by atoms with Crippen LogP contribution in [0.25, 0.3) is 11.4 Å². The Morgan fingerprint density at radius 3 is 2.75 bits per heavy atom. The second kappa shape index (κ2) is 10.4. The second-order valence-electron chi connectivity index (χ2n) is 6.94. The Morgan fingerprint density at radius 1 is 1.22 bits per heavy atom. The van der Waals surface area contributed by atoms with Gasteiger partial charge in [0.1, 0.15) is 23.9 Å². The Morgan fingerprint density at radius 2 is 2.00 bits per heavy atom. The molecular formula is C21H23ClN6O4. The molecule has 0 spiro atoms. The minimum Gasteiger partial charge on any atom is -0.473 e. The maximum Gasteiger partial charge on any atom is 0.254 e. The number of hydrogen-bond acceptors (Lipinski definition) is 8. The summed E-state index contributed by atoms with van der Waals surface area (Å²) in [7, 11) is 1.59. The highest BCUT2D eigenvalue weighted by Crippen LogP contribution is 2.24. The van der Waals surface area contributed by atoms with Gasteiger partial charge >= 0.3 is 0 Å². The Bertz CT molecular complexity index is 1050. The summed E-state index contributed by atoms with van der Waals surface area (Å²) in [6, 6.07) is 8.81. The summed E-state index contributed by atoms with van der Waals surface area (Å²) in [6.07, 6.45) is 3.29. The molecule has 2 aromatic heterocycles. The van der Waals surface area contributed by atoms with Gasteiger partial charge in [0.25, 0.3) is 5.91 Å². The normalized spacial score (nSPS) is 13.8. The zero-order valence-corrected chi connectivity index (χ0v) is 18.3. The minimum atomic E-state index is -0.00647. The number of morpholine rings is 1. The first-order valence-corrected chi connectivity index (χ1v) is 10.4. The Labute approximate surface area is 190 Å². The van der Waals surface area contributed by atoms with E-state index in [1.54, 1.807) is 53.2 Å². The van der Waals surface area contributed by atoms with Crippen LogP contribution in [0, 0.1) is 0 Å². The molecule has 0 atom stereocenters. The van der Waals surface area contributed by atoms with E-state index in [1.807, 2.05) is 0 Å². The lowest BCUT2D eigenvalue weighted by Gasteiger charge is -2.26.